The third-order valence-electron chi connectivity index (χ3n) is 2.64. The normalized spacial score (nSPS) is 12.5. The summed E-state index contributed by atoms with van der Waals surface area (Å²) in [4.78, 5) is 11.3. The van der Waals surface area contributed by atoms with E-state index in [-0.39, 0.29) is 0 Å². The van der Waals surface area contributed by atoms with Crippen LogP contribution in [0, 0.1) is 12.8 Å². The van der Waals surface area contributed by atoms with Gasteiger partial charge < -0.3 is 16.4 Å². The average molecular weight is 239 g/mol. The zero-order valence-electron chi connectivity index (χ0n) is 10.9. The van der Waals surface area contributed by atoms with Crippen LogP contribution in [-0.2, 0) is 7.05 Å². The van der Waals surface area contributed by atoms with Crippen LogP contribution in [0.5, 0.6) is 0 Å². The van der Waals surface area contributed by atoms with E-state index in [2.05, 4.69) is 22.7 Å². The second-order valence-corrected chi connectivity index (χ2v) is 4.34. The lowest BCUT2D eigenvalue weighted by atomic mass is 10.1. The van der Waals surface area contributed by atoms with Crippen molar-refractivity contribution >= 4 is 11.7 Å². The topological polar surface area (TPSA) is 85.0 Å². The maximum atomic E-state index is 11.3. The number of primary amides is 1. The van der Waals surface area contributed by atoms with E-state index >= 15 is 0 Å². The van der Waals surface area contributed by atoms with Gasteiger partial charge in [-0.1, -0.05) is 6.92 Å². The molecule has 4 N–H and O–H groups in total. The van der Waals surface area contributed by atoms with E-state index in [9.17, 15) is 4.79 Å². The molecule has 1 rings (SSSR count). The Morgan fingerprint density at radius 2 is 2.18 bits per heavy atom. The fraction of sp³-hybridized carbons (Fsp3) is 0.636. The predicted octanol–water partition coefficient (Wildman–Crippen LogP) is 0.0948. The van der Waals surface area contributed by atoms with Gasteiger partial charge in [-0.15, -0.1) is 0 Å². The lowest BCUT2D eigenvalue weighted by molar-refractivity contribution is 0.100. The third-order valence-corrected chi connectivity index (χ3v) is 2.64. The lowest BCUT2D eigenvalue weighted by Crippen LogP contribution is -2.24. The molecule has 0 aliphatic heterocycles. The van der Waals surface area contributed by atoms with E-state index in [0.29, 0.717) is 23.0 Å². The molecule has 6 heteroatoms. The van der Waals surface area contributed by atoms with E-state index < -0.39 is 5.91 Å². The van der Waals surface area contributed by atoms with Crippen molar-refractivity contribution in [1.29, 1.82) is 0 Å². The molecular weight excluding hydrogens is 218 g/mol. The minimum absolute atomic E-state index is 0.445. The van der Waals surface area contributed by atoms with Gasteiger partial charge in [0.2, 0.25) is 0 Å². The Balaban J connectivity index is 2.80. The summed E-state index contributed by atoms with van der Waals surface area (Å²) in [6.07, 6.45) is 0. The highest BCUT2D eigenvalue weighted by Crippen LogP contribution is 2.18. The van der Waals surface area contributed by atoms with Gasteiger partial charge in [-0.05, 0) is 26.4 Å². The SMILES string of the molecule is CNCC(C)CNc1c(C(N)=O)c(C)nn1C. The van der Waals surface area contributed by atoms with Gasteiger partial charge >= 0.3 is 0 Å². The van der Waals surface area contributed by atoms with Gasteiger partial charge in [0.15, 0.2) is 0 Å². The second kappa shape index (κ2) is 5.67. The molecule has 1 atom stereocenters. The maximum absolute atomic E-state index is 11.3. The summed E-state index contributed by atoms with van der Waals surface area (Å²) in [6, 6.07) is 0. The molecule has 0 aliphatic rings. The van der Waals surface area contributed by atoms with Crippen molar-refractivity contribution in [3.05, 3.63) is 11.3 Å². The molecule has 0 spiro atoms. The van der Waals surface area contributed by atoms with Crippen LogP contribution in [0.25, 0.3) is 0 Å². The molecular formula is C11H21N5O. The van der Waals surface area contributed by atoms with Crippen molar-refractivity contribution in [2.75, 3.05) is 25.5 Å². The van der Waals surface area contributed by atoms with Crippen LogP contribution in [0.1, 0.15) is 23.0 Å². The summed E-state index contributed by atoms with van der Waals surface area (Å²) in [5.74, 6) is 0.702. The van der Waals surface area contributed by atoms with Crippen molar-refractivity contribution < 1.29 is 4.79 Å². The van der Waals surface area contributed by atoms with E-state index in [1.165, 1.54) is 0 Å². The number of carbonyl (C=O) groups excluding carboxylic acids is 1. The first kappa shape index (κ1) is 13.5. The Morgan fingerprint density at radius 3 is 2.71 bits per heavy atom. The molecule has 96 valence electrons. The predicted molar refractivity (Wildman–Crippen MR) is 68.0 cm³/mol. The molecule has 0 aliphatic carbocycles. The summed E-state index contributed by atoms with van der Waals surface area (Å²) in [7, 11) is 3.71. The highest BCUT2D eigenvalue weighted by Gasteiger charge is 2.17. The van der Waals surface area contributed by atoms with Crippen LogP contribution in [-0.4, -0.2) is 35.8 Å². The number of anilines is 1. The van der Waals surface area contributed by atoms with Crippen LogP contribution >= 0.6 is 0 Å². The minimum atomic E-state index is -0.445. The Morgan fingerprint density at radius 1 is 1.53 bits per heavy atom. The monoisotopic (exact) mass is 239 g/mol. The molecule has 0 aromatic carbocycles. The van der Waals surface area contributed by atoms with Gasteiger partial charge in [0.1, 0.15) is 11.4 Å². The Bertz CT molecular complexity index is 399. The van der Waals surface area contributed by atoms with Gasteiger partial charge in [-0.3, -0.25) is 9.48 Å². The number of carbonyl (C=O) groups is 1. The molecule has 1 heterocycles. The molecule has 1 unspecified atom stereocenters. The molecule has 0 saturated heterocycles. The standard InChI is InChI=1S/C11H21N5O/c1-7(5-13-3)6-14-11-9(10(12)17)8(2)15-16(11)4/h7,13-14H,5-6H2,1-4H3,(H2,12,17). The minimum Gasteiger partial charge on any atom is -0.369 e. The fourth-order valence-corrected chi connectivity index (χ4v) is 1.85. The number of rotatable bonds is 6. The Hall–Kier alpha value is -1.56. The van der Waals surface area contributed by atoms with Crippen LogP contribution in [0.3, 0.4) is 0 Å². The molecule has 1 aromatic rings. The Kier molecular flexibility index (Phi) is 4.51. The number of aromatic nitrogens is 2. The summed E-state index contributed by atoms with van der Waals surface area (Å²) in [6.45, 7) is 5.58. The molecule has 0 saturated carbocycles. The van der Waals surface area contributed by atoms with Gasteiger partial charge in [-0.25, -0.2) is 0 Å². The van der Waals surface area contributed by atoms with Crippen LogP contribution in [0.4, 0.5) is 5.82 Å². The first-order valence-corrected chi connectivity index (χ1v) is 5.69. The summed E-state index contributed by atoms with van der Waals surface area (Å²) >= 11 is 0. The zero-order chi connectivity index (χ0) is 13.0. The van der Waals surface area contributed by atoms with Gasteiger partial charge in [0.25, 0.3) is 5.91 Å². The van der Waals surface area contributed by atoms with Crippen molar-refractivity contribution in [2.45, 2.75) is 13.8 Å². The molecule has 6 nitrogen and oxygen atoms in total. The van der Waals surface area contributed by atoms with Crippen molar-refractivity contribution in [1.82, 2.24) is 15.1 Å². The van der Waals surface area contributed by atoms with Crippen molar-refractivity contribution in [2.24, 2.45) is 18.7 Å². The molecule has 0 radical (unpaired) electrons. The summed E-state index contributed by atoms with van der Waals surface area (Å²) in [5.41, 5.74) is 6.48. The first-order valence-electron chi connectivity index (χ1n) is 5.69. The number of nitrogens with zero attached hydrogens (tertiary/aromatic N) is 2. The summed E-state index contributed by atoms with van der Waals surface area (Å²) in [5, 5.41) is 10.5. The number of amides is 1. The quantitative estimate of drug-likeness (QED) is 0.657. The maximum Gasteiger partial charge on any atom is 0.254 e. The van der Waals surface area contributed by atoms with E-state index in [1.54, 1.807) is 18.7 Å². The van der Waals surface area contributed by atoms with Crippen molar-refractivity contribution in [3.8, 4) is 0 Å². The molecule has 17 heavy (non-hydrogen) atoms. The largest absolute Gasteiger partial charge is 0.369 e. The molecule has 1 aromatic heterocycles. The van der Waals surface area contributed by atoms with E-state index in [4.69, 9.17) is 5.73 Å². The van der Waals surface area contributed by atoms with Gasteiger partial charge in [0.05, 0.1) is 5.69 Å². The average Bonchev–Trinajstić information content (AvgIpc) is 2.50. The number of hydrogen-bond acceptors (Lipinski definition) is 4. The molecule has 1 amide bonds. The first-order chi connectivity index (χ1) is 7.97. The molecule has 0 bridgehead atoms. The Labute approximate surface area is 102 Å². The van der Waals surface area contributed by atoms with Crippen molar-refractivity contribution in [3.63, 3.8) is 0 Å². The number of nitrogens with two attached hydrogens (primary N) is 1. The fourth-order valence-electron chi connectivity index (χ4n) is 1.85. The second-order valence-electron chi connectivity index (χ2n) is 4.34. The number of aryl methyl sites for hydroxylation is 2. The highest BCUT2D eigenvalue weighted by molar-refractivity contribution is 5.98. The zero-order valence-corrected chi connectivity index (χ0v) is 10.9. The lowest BCUT2D eigenvalue weighted by Gasteiger charge is -2.13. The van der Waals surface area contributed by atoms with E-state index in [1.807, 2.05) is 7.05 Å². The summed E-state index contributed by atoms with van der Waals surface area (Å²) < 4.78 is 1.65. The molecule has 0 fully saturated rings. The van der Waals surface area contributed by atoms with Gasteiger partial charge in [-0.2, -0.15) is 5.10 Å². The van der Waals surface area contributed by atoms with Gasteiger partial charge in [0, 0.05) is 13.6 Å². The van der Waals surface area contributed by atoms with Crippen LogP contribution in [0.15, 0.2) is 0 Å². The van der Waals surface area contributed by atoms with Crippen LogP contribution in [0.2, 0.25) is 0 Å². The number of nitrogens with one attached hydrogen (secondary N) is 2. The van der Waals surface area contributed by atoms with E-state index in [0.717, 1.165) is 13.1 Å². The van der Waals surface area contributed by atoms with Crippen LogP contribution < -0.4 is 16.4 Å². The number of hydrogen-bond donors (Lipinski definition) is 3. The highest BCUT2D eigenvalue weighted by atomic mass is 16.1. The smallest absolute Gasteiger partial charge is 0.254 e. The third kappa shape index (κ3) is 3.20.